The van der Waals surface area contributed by atoms with Crippen LogP contribution in [0.1, 0.15) is 19.4 Å². The molecular weight excluding hydrogens is 190 g/mol. The molecule has 1 atom stereocenters. The summed E-state index contributed by atoms with van der Waals surface area (Å²) in [6.07, 6.45) is 1.70. The van der Waals surface area contributed by atoms with Gasteiger partial charge in [0.05, 0.1) is 5.56 Å². The van der Waals surface area contributed by atoms with Crippen LogP contribution >= 0.6 is 0 Å². The molecule has 5 nitrogen and oxygen atoms in total. The van der Waals surface area contributed by atoms with E-state index in [4.69, 9.17) is 11.5 Å². The van der Waals surface area contributed by atoms with Crippen LogP contribution in [0.5, 0.6) is 0 Å². The van der Waals surface area contributed by atoms with Crippen LogP contribution in [-0.2, 0) is 0 Å². The van der Waals surface area contributed by atoms with Crippen LogP contribution in [0, 0.1) is 5.92 Å². The molecule has 1 aliphatic heterocycles. The van der Waals surface area contributed by atoms with E-state index in [0.29, 0.717) is 11.7 Å². The lowest BCUT2D eigenvalue weighted by molar-refractivity contribution is 0.365. The summed E-state index contributed by atoms with van der Waals surface area (Å²) in [6.45, 7) is 3.97. The van der Waals surface area contributed by atoms with Crippen LogP contribution in [0.25, 0.3) is 0 Å². The fraction of sp³-hybridized carbons (Fsp3) is 0.400. The van der Waals surface area contributed by atoms with Crippen molar-refractivity contribution in [2.45, 2.75) is 19.6 Å². The molecule has 15 heavy (non-hydrogen) atoms. The Morgan fingerprint density at radius 3 is 2.87 bits per heavy atom. The van der Waals surface area contributed by atoms with Crippen molar-refractivity contribution >= 4 is 11.7 Å². The van der Waals surface area contributed by atoms with E-state index in [1.165, 1.54) is 0 Å². The Labute approximate surface area is 88.6 Å². The maximum absolute atomic E-state index is 6.09. The van der Waals surface area contributed by atoms with E-state index in [2.05, 4.69) is 15.3 Å². The number of aliphatic imine (C=N–C) groups is 1. The molecule has 0 aromatic carbocycles. The monoisotopic (exact) mass is 205 g/mol. The lowest BCUT2D eigenvalue weighted by atomic mass is 10.0. The van der Waals surface area contributed by atoms with Gasteiger partial charge in [0.15, 0.2) is 5.79 Å². The first-order chi connectivity index (χ1) is 7.03. The van der Waals surface area contributed by atoms with Crippen molar-refractivity contribution in [2.75, 3.05) is 5.32 Å². The van der Waals surface area contributed by atoms with E-state index < -0.39 is 5.79 Å². The molecule has 0 amide bonds. The normalized spacial score (nSPS) is 24.4. The van der Waals surface area contributed by atoms with Crippen LogP contribution in [0.3, 0.4) is 0 Å². The first kappa shape index (κ1) is 9.92. The van der Waals surface area contributed by atoms with Gasteiger partial charge in [-0.05, 0) is 12.1 Å². The Morgan fingerprint density at radius 1 is 1.47 bits per heavy atom. The molecule has 2 heterocycles. The maximum atomic E-state index is 6.09. The second-order valence-electron chi connectivity index (χ2n) is 4.00. The number of nitrogens with one attached hydrogen (secondary N) is 1. The number of fused-ring (bicyclic) bond motifs is 1. The van der Waals surface area contributed by atoms with E-state index >= 15 is 0 Å². The van der Waals surface area contributed by atoms with E-state index in [0.717, 1.165) is 5.56 Å². The van der Waals surface area contributed by atoms with Gasteiger partial charge in [0.1, 0.15) is 11.7 Å². The largest absolute Gasteiger partial charge is 0.383 e. The molecule has 0 aliphatic carbocycles. The van der Waals surface area contributed by atoms with Crippen molar-refractivity contribution in [3.63, 3.8) is 0 Å². The number of nitrogens with two attached hydrogens (primary N) is 2. The molecule has 5 N–H and O–H groups in total. The number of anilines is 1. The molecule has 5 heteroatoms. The fourth-order valence-corrected chi connectivity index (χ4v) is 1.46. The molecule has 1 aromatic rings. The van der Waals surface area contributed by atoms with Crippen molar-refractivity contribution in [1.29, 1.82) is 0 Å². The topological polar surface area (TPSA) is 89.3 Å². The number of aromatic nitrogens is 1. The third-order valence-corrected chi connectivity index (χ3v) is 2.59. The Morgan fingerprint density at radius 2 is 2.20 bits per heavy atom. The molecule has 0 radical (unpaired) electrons. The fourth-order valence-electron chi connectivity index (χ4n) is 1.46. The lowest BCUT2D eigenvalue weighted by Crippen LogP contribution is -2.54. The first-order valence-electron chi connectivity index (χ1n) is 4.91. The second kappa shape index (κ2) is 3.20. The highest BCUT2D eigenvalue weighted by Crippen LogP contribution is 2.25. The van der Waals surface area contributed by atoms with Crippen LogP contribution in [0.2, 0.25) is 0 Å². The Balaban J connectivity index is 2.49. The summed E-state index contributed by atoms with van der Waals surface area (Å²) in [4.78, 5) is 8.47. The van der Waals surface area contributed by atoms with Gasteiger partial charge in [-0.2, -0.15) is 0 Å². The molecule has 0 saturated heterocycles. The Hall–Kier alpha value is -1.62. The smallest absolute Gasteiger partial charge is 0.188 e. The minimum atomic E-state index is -0.856. The van der Waals surface area contributed by atoms with Gasteiger partial charge in [-0.3, -0.25) is 5.73 Å². The zero-order valence-corrected chi connectivity index (χ0v) is 8.86. The van der Waals surface area contributed by atoms with Crippen molar-refractivity contribution in [1.82, 2.24) is 4.98 Å². The van der Waals surface area contributed by atoms with E-state index in [9.17, 15) is 0 Å². The van der Waals surface area contributed by atoms with Crippen molar-refractivity contribution in [3.8, 4) is 0 Å². The van der Waals surface area contributed by atoms with Crippen LogP contribution < -0.4 is 16.8 Å². The Bertz CT molecular complexity index is 412. The lowest BCUT2D eigenvalue weighted by Gasteiger charge is -2.35. The predicted octanol–water partition coefficient (Wildman–Crippen LogP) is 0.481. The van der Waals surface area contributed by atoms with Gasteiger partial charge in [0, 0.05) is 12.1 Å². The predicted molar refractivity (Wildman–Crippen MR) is 60.3 cm³/mol. The van der Waals surface area contributed by atoms with Crippen LogP contribution in [0.4, 0.5) is 5.82 Å². The quantitative estimate of drug-likeness (QED) is 0.622. The minimum absolute atomic E-state index is 0.131. The molecule has 0 fully saturated rings. The van der Waals surface area contributed by atoms with Gasteiger partial charge in [-0.1, -0.05) is 13.8 Å². The molecule has 0 bridgehead atoms. The SMILES string of the molecule is CC(C)C1(N)N=C(N)c2cccnc2N1. The Kier molecular flexibility index (Phi) is 2.12. The highest BCUT2D eigenvalue weighted by atomic mass is 15.3. The van der Waals surface area contributed by atoms with E-state index in [-0.39, 0.29) is 5.92 Å². The summed E-state index contributed by atoms with van der Waals surface area (Å²) in [6, 6.07) is 3.69. The number of nitrogens with zero attached hydrogens (tertiary/aromatic N) is 2. The number of hydrogen-bond acceptors (Lipinski definition) is 5. The molecule has 1 aliphatic rings. The summed E-state index contributed by atoms with van der Waals surface area (Å²) >= 11 is 0. The minimum Gasteiger partial charge on any atom is -0.383 e. The number of pyridine rings is 1. The van der Waals surface area contributed by atoms with Gasteiger partial charge < -0.3 is 11.1 Å². The second-order valence-corrected chi connectivity index (χ2v) is 4.00. The van der Waals surface area contributed by atoms with Gasteiger partial charge in [0.2, 0.25) is 0 Å². The maximum Gasteiger partial charge on any atom is 0.188 e. The van der Waals surface area contributed by atoms with Gasteiger partial charge in [-0.25, -0.2) is 9.98 Å². The molecular formula is C10H15N5. The molecule has 1 aromatic heterocycles. The summed E-state index contributed by atoms with van der Waals surface area (Å²) in [7, 11) is 0. The van der Waals surface area contributed by atoms with Crippen molar-refractivity contribution in [3.05, 3.63) is 23.9 Å². The highest BCUT2D eigenvalue weighted by Gasteiger charge is 2.33. The number of amidine groups is 1. The van der Waals surface area contributed by atoms with Crippen LogP contribution in [-0.4, -0.2) is 16.6 Å². The number of rotatable bonds is 1. The third kappa shape index (κ3) is 1.55. The molecule has 80 valence electrons. The van der Waals surface area contributed by atoms with Gasteiger partial charge in [-0.15, -0.1) is 0 Å². The first-order valence-corrected chi connectivity index (χ1v) is 4.91. The van der Waals surface area contributed by atoms with E-state index in [1.54, 1.807) is 6.20 Å². The van der Waals surface area contributed by atoms with Crippen molar-refractivity contribution < 1.29 is 0 Å². The summed E-state index contributed by atoms with van der Waals surface area (Å²) in [5, 5.41) is 3.10. The van der Waals surface area contributed by atoms with E-state index in [1.807, 2.05) is 26.0 Å². The highest BCUT2D eigenvalue weighted by molar-refractivity contribution is 6.03. The number of hydrogen-bond donors (Lipinski definition) is 3. The van der Waals surface area contributed by atoms with Crippen LogP contribution in [0.15, 0.2) is 23.3 Å². The summed E-state index contributed by atoms with van der Waals surface area (Å²) < 4.78 is 0. The van der Waals surface area contributed by atoms with Crippen molar-refractivity contribution in [2.24, 2.45) is 22.4 Å². The standard InChI is InChI=1S/C10H15N5/c1-6(2)10(12)14-8(11)7-4-3-5-13-9(7)15-10/h3-6H,12H2,1-2H3,(H2,11,14)(H,13,15). The molecule has 0 spiro atoms. The van der Waals surface area contributed by atoms with Gasteiger partial charge >= 0.3 is 0 Å². The third-order valence-electron chi connectivity index (χ3n) is 2.59. The zero-order valence-electron chi connectivity index (χ0n) is 8.86. The molecule has 2 rings (SSSR count). The van der Waals surface area contributed by atoms with Gasteiger partial charge in [0.25, 0.3) is 0 Å². The molecule has 1 unspecified atom stereocenters. The molecule has 0 saturated carbocycles. The summed E-state index contributed by atoms with van der Waals surface area (Å²) in [5.41, 5.74) is 12.7. The summed E-state index contributed by atoms with van der Waals surface area (Å²) in [5.74, 6) is 0.409. The average molecular weight is 205 g/mol. The average Bonchev–Trinajstić information content (AvgIpc) is 2.17. The zero-order chi connectivity index (χ0) is 11.1.